The zero-order valence-corrected chi connectivity index (χ0v) is 7.34. The van der Waals surface area contributed by atoms with Gasteiger partial charge in [0.15, 0.2) is 0 Å². The van der Waals surface area contributed by atoms with Gasteiger partial charge in [0.2, 0.25) is 0 Å². The van der Waals surface area contributed by atoms with E-state index in [4.69, 9.17) is 15.3 Å². The van der Waals surface area contributed by atoms with Crippen molar-refractivity contribution >= 4 is 5.97 Å². The monoisotopic (exact) mass is 194 g/mol. The normalized spacial score (nSPS) is 8.69. The molecule has 0 aliphatic rings. The second-order valence-electron chi connectivity index (χ2n) is 1.79. The van der Waals surface area contributed by atoms with Crippen LogP contribution in [-0.4, -0.2) is 47.7 Å². The minimum Gasteiger partial charge on any atom is -0.394 e. The summed E-state index contributed by atoms with van der Waals surface area (Å²) in [4.78, 5) is 17.9. The quantitative estimate of drug-likeness (QED) is 0.289. The zero-order valence-electron chi connectivity index (χ0n) is 7.34. The third kappa shape index (κ3) is 14.0. The maximum Gasteiger partial charge on any atom is 0.365 e. The van der Waals surface area contributed by atoms with Gasteiger partial charge in [0.1, 0.15) is 6.10 Å². The van der Waals surface area contributed by atoms with E-state index in [1.807, 2.05) is 0 Å². The third-order valence-electron chi connectivity index (χ3n) is 0.754. The van der Waals surface area contributed by atoms with Crippen LogP contribution in [0.2, 0.25) is 0 Å². The lowest BCUT2D eigenvalue weighted by molar-refractivity contribution is -0.249. The fourth-order valence-corrected chi connectivity index (χ4v) is 0.174. The largest absolute Gasteiger partial charge is 0.394 e. The molecule has 0 bridgehead atoms. The lowest BCUT2D eigenvalue weighted by Crippen LogP contribution is -2.15. The van der Waals surface area contributed by atoms with Crippen molar-refractivity contribution in [2.75, 3.05) is 20.3 Å². The minimum absolute atomic E-state index is 0.365. The van der Waals surface area contributed by atoms with Crippen molar-refractivity contribution in [2.24, 2.45) is 0 Å². The van der Waals surface area contributed by atoms with Crippen LogP contribution in [0, 0.1) is 0 Å². The SMILES string of the molecule is C=CC(=O)OOC.OCC(O)CO. The van der Waals surface area contributed by atoms with Gasteiger partial charge in [-0.1, -0.05) is 6.58 Å². The van der Waals surface area contributed by atoms with Crippen LogP contribution in [-0.2, 0) is 14.6 Å². The van der Waals surface area contributed by atoms with E-state index in [1.54, 1.807) is 0 Å². The second kappa shape index (κ2) is 11.1. The summed E-state index contributed by atoms with van der Waals surface area (Å²) in [6.07, 6.45) is 0.0637. The Morgan fingerprint density at radius 3 is 2.08 bits per heavy atom. The fraction of sp³-hybridized carbons (Fsp3) is 0.571. The highest BCUT2D eigenvalue weighted by Gasteiger charge is 1.93. The van der Waals surface area contributed by atoms with E-state index in [0.717, 1.165) is 6.08 Å². The first-order valence-electron chi connectivity index (χ1n) is 3.39. The molecule has 3 N–H and O–H groups in total. The number of carbonyl (C=O) groups excluding carboxylic acids is 1. The molecule has 6 heteroatoms. The molecule has 6 nitrogen and oxygen atoms in total. The van der Waals surface area contributed by atoms with Crippen molar-refractivity contribution in [3.63, 3.8) is 0 Å². The van der Waals surface area contributed by atoms with E-state index in [9.17, 15) is 4.79 Å². The average molecular weight is 194 g/mol. The Morgan fingerprint density at radius 2 is 2.00 bits per heavy atom. The van der Waals surface area contributed by atoms with E-state index >= 15 is 0 Å². The number of carbonyl (C=O) groups is 1. The molecule has 78 valence electrons. The van der Waals surface area contributed by atoms with Crippen LogP contribution in [0.15, 0.2) is 12.7 Å². The highest BCUT2D eigenvalue weighted by Crippen LogP contribution is 1.74. The van der Waals surface area contributed by atoms with E-state index in [0.29, 0.717) is 0 Å². The topological polar surface area (TPSA) is 96.2 Å². The van der Waals surface area contributed by atoms with Gasteiger partial charge in [0.05, 0.1) is 20.3 Å². The molecule has 13 heavy (non-hydrogen) atoms. The van der Waals surface area contributed by atoms with Crippen LogP contribution >= 0.6 is 0 Å². The smallest absolute Gasteiger partial charge is 0.365 e. The van der Waals surface area contributed by atoms with E-state index in [-0.39, 0.29) is 13.2 Å². The Hall–Kier alpha value is -0.950. The van der Waals surface area contributed by atoms with Gasteiger partial charge in [0.25, 0.3) is 0 Å². The van der Waals surface area contributed by atoms with Crippen molar-refractivity contribution < 1.29 is 29.9 Å². The summed E-state index contributed by atoms with van der Waals surface area (Å²) in [7, 11) is 1.25. The van der Waals surface area contributed by atoms with Crippen LogP contribution in [0.25, 0.3) is 0 Å². The molecule has 0 spiro atoms. The summed E-state index contributed by atoms with van der Waals surface area (Å²) in [6, 6.07) is 0. The zero-order chi connectivity index (χ0) is 10.7. The number of hydrogen-bond acceptors (Lipinski definition) is 6. The highest BCUT2D eigenvalue weighted by atomic mass is 17.2. The van der Waals surface area contributed by atoms with Gasteiger partial charge in [-0.2, -0.15) is 4.89 Å². The standard InChI is InChI=1S/C4H6O3.C3H8O3/c1-3-4(5)7-6-2;4-1-3(6)2-5/h3H,1H2,2H3;3-6H,1-2H2. The third-order valence-corrected chi connectivity index (χ3v) is 0.754. The van der Waals surface area contributed by atoms with Crippen LogP contribution < -0.4 is 0 Å². The lowest BCUT2D eigenvalue weighted by Gasteiger charge is -1.96. The van der Waals surface area contributed by atoms with Crippen molar-refractivity contribution in [1.29, 1.82) is 0 Å². The van der Waals surface area contributed by atoms with Crippen LogP contribution in [0.3, 0.4) is 0 Å². The molecule has 0 aromatic carbocycles. The minimum atomic E-state index is -0.954. The van der Waals surface area contributed by atoms with Gasteiger partial charge in [0, 0.05) is 6.08 Å². The van der Waals surface area contributed by atoms with Gasteiger partial charge in [-0.3, -0.25) is 4.89 Å². The summed E-state index contributed by atoms with van der Waals surface area (Å²) in [6.45, 7) is 2.40. The molecular weight excluding hydrogens is 180 g/mol. The maximum atomic E-state index is 9.95. The molecule has 0 atom stereocenters. The molecule has 0 aliphatic carbocycles. The summed E-state index contributed by atoms with van der Waals surface area (Å²) < 4.78 is 0. The molecular formula is C7H14O6. The Kier molecular flexibility index (Phi) is 12.4. The molecule has 0 radical (unpaired) electrons. The van der Waals surface area contributed by atoms with Gasteiger partial charge < -0.3 is 15.3 Å². The second-order valence-corrected chi connectivity index (χ2v) is 1.79. The molecule has 0 heterocycles. The predicted octanol–water partition coefficient (Wildman–Crippen LogP) is -1.39. The van der Waals surface area contributed by atoms with Crippen molar-refractivity contribution in [3.8, 4) is 0 Å². The first-order chi connectivity index (χ1) is 6.12. The van der Waals surface area contributed by atoms with Crippen LogP contribution in [0.4, 0.5) is 0 Å². The van der Waals surface area contributed by atoms with Crippen LogP contribution in [0.1, 0.15) is 0 Å². The number of hydrogen-bond donors (Lipinski definition) is 3. The summed E-state index contributed by atoms with van der Waals surface area (Å²) in [5.74, 6) is -0.581. The molecule has 0 aliphatic heterocycles. The number of aliphatic hydroxyl groups is 3. The first kappa shape index (κ1) is 14.6. The van der Waals surface area contributed by atoms with Gasteiger partial charge in [-0.25, -0.2) is 4.79 Å². The molecule has 0 aromatic heterocycles. The molecule has 0 unspecified atom stereocenters. The molecule has 0 saturated carbocycles. The van der Waals surface area contributed by atoms with Gasteiger partial charge in [-0.05, 0) is 0 Å². The van der Waals surface area contributed by atoms with E-state index < -0.39 is 12.1 Å². The molecule has 0 aromatic rings. The molecule has 0 rings (SSSR count). The number of rotatable bonds is 4. The average Bonchev–Trinajstić information content (AvgIpc) is 2.18. The summed E-state index contributed by atoms with van der Waals surface area (Å²) >= 11 is 0. The van der Waals surface area contributed by atoms with E-state index in [1.165, 1.54) is 7.11 Å². The Bertz CT molecular complexity index is 131. The first-order valence-corrected chi connectivity index (χ1v) is 3.39. The molecule has 0 amide bonds. The van der Waals surface area contributed by atoms with Gasteiger partial charge in [-0.15, -0.1) is 0 Å². The number of aliphatic hydroxyl groups excluding tert-OH is 3. The lowest BCUT2D eigenvalue weighted by atomic mass is 10.4. The van der Waals surface area contributed by atoms with Crippen molar-refractivity contribution in [3.05, 3.63) is 12.7 Å². The Morgan fingerprint density at radius 1 is 1.54 bits per heavy atom. The summed E-state index contributed by atoms with van der Waals surface area (Å²) in [5.41, 5.74) is 0. The Labute approximate surface area is 75.9 Å². The molecule has 0 fully saturated rings. The predicted molar refractivity (Wildman–Crippen MR) is 43.5 cm³/mol. The fourth-order valence-electron chi connectivity index (χ4n) is 0.174. The van der Waals surface area contributed by atoms with Crippen LogP contribution in [0.5, 0.6) is 0 Å². The van der Waals surface area contributed by atoms with E-state index in [2.05, 4.69) is 16.4 Å². The Balaban J connectivity index is 0. The van der Waals surface area contributed by atoms with Crippen molar-refractivity contribution in [2.45, 2.75) is 6.10 Å². The maximum absolute atomic E-state index is 9.95. The van der Waals surface area contributed by atoms with Crippen molar-refractivity contribution in [1.82, 2.24) is 0 Å². The molecule has 0 saturated heterocycles. The highest BCUT2D eigenvalue weighted by molar-refractivity contribution is 5.80. The van der Waals surface area contributed by atoms with Gasteiger partial charge >= 0.3 is 5.97 Å². The summed E-state index contributed by atoms with van der Waals surface area (Å²) in [5, 5.41) is 24.0.